The Morgan fingerprint density at radius 1 is 1.07 bits per heavy atom. The van der Waals surface area contributed by atoms with Gasteiger partial charge < -0.3 is 4.43 Å². The molecule has 1 aliphatic rings. The summed E-state index contributed by atoms with van der Waals surface area (Å²) in [6, 6.07) is 0. The Hall–Kier alpha value is -1.01. The molecule has 0 aromatic rings. The highest BCUT2D eigenvalue weighted by molar-refractivity contribution is 6.77. The van der Waals surface area contributed by atoms with Crippen molar-refractivity contribution in [2.75, 3.05) is 13.2 Å². The summed E-state index contributed by atoms with van der Waals surface area (Å²) in [6.07, 6.45) is 8.51. The van der Waals surface area contributed by atoms with Crippen molar-refractivity contribution in [2.45, 2.75) is 90.3 Å². The molecule has 1 fully saturated rings. The van der Waals surface area contributed by atoms with Gasteiger partial charge in [-0.05, 0) is 41.5 Å². The lowest BCUT2D eigenvalue weighted by atomic mass is 9.78. The van der Waals surface area contributed by atoms with Crippen molar-refractivity contribution in [3.63, 3.8) is 0 Å². The number of carbonyl (C=O) groups excluding carboxylic acids is 1. The fourth-order valence-corrected chi connectivity index (χ4v) is 10.5. The van der Waals surface area contributed by atoms with Crippen LogP contribution in [0.15, 0.2) is 12.2 Å². The van der Waals surface area contributed by atoms with Crippen LogP contribution in [0.4, 0.5) is 0 Å². The van der Waals surface area contributed by atoms with E-state index in [1.807, 2.05) is 0 Å². The van der Waals surface area contributed by atoms with Gasteiger partial charge in [-0.3, -0.25) is 14.9 Å². The number of ketones is 1. The smallest absolute Gasteiger partial charge is 0.214 e. The largest absolute Gasteiger partial charge is 0.412 e. The first-order valence-electron chi connectivity index (χ1n) is 10.6. The highest BCUT2D eigenvalue weighted by Gasteiger charge is 2.44. The predicted octanol–water partition coefficient (Wildman–Crippen LogP) is 5.78. The Bertz CT molecular complexity index is 489. The average Bonchev–Trinajstić information content (AvgIpc) is 2.59. The van der Waals surface area contributed by atoms with Gasteiger partial charge in [0, 0.05) is 4.92 Å². The third kappa shape index (κ3) is 6.52. The van der Waals surface area contributed by atoms with E-state index in [9.17, 15) is 14.9 Å². The molecule has 0 radical (unpaired) electrons. The van der Waals surface area contributed by atoms with Crippen LogP contribution in [0.2, 0.25) is 16.6 Å². The predicted molar refractivity (Wildman–Crippen MR) is 113 cm³/mol. The van der Waals surface area contributed by atoms with Gasteiger partial charge in [0.2, 0.25) is 14.9 Å². The summed E-state index contributed by atoms with van der Waals surface area (Å²) in [5.74, 6) is -0.440. The topological polar surface area (TPSA) is 69.4 Å². The average molecular weight is 398 g/mol. The zero-order valence-electron chi connectivity index (χ0n) is 18.1. The van der Waals surface area contributed by atoms with Crippen molar-refractivity contribution < 1.29 is 14.1 Å². The first-order valence-corrected chi connectivity index (χ1v) is 12.7. The first-order chi connectivity index (χ1) is 12.6. The fraction of sp³-hybridized carbons (Fsp3) is 0.857. The van der Waals surface area contributed by atoms with Gasteiger partial charge in [0.1, 0.15) is 0 Å². The maximum atomic E-state index is 12.7. The summed E-state index contributed by atoms with van der Waals surface area (Å²) in [5, 5.41) is 11.1. The van der Waals surface area contributed by atoms with Crippen molar-refractivity contribution >= 4 is 14.1 Å². The standard InChI is InChI=1S/C21H39NO4Si/c1-16(2)27(17(3)4,18(5)6)26-14-10-13-21(23)20(15-22(24)25)19-11-8-7-9-12-19/h10,13,16-20H,7-9,11-12,14-15H2,1-6H3/b13-10+/t20-/m1/s1. The van der Waals surface area contributed by atoms with E-state index in [-0.39, 0.29) is 23.2 Å². The van der Waals surface area contributed by atoms with Crippen LogP contribution < -0.4 is 0 Å². The first kappa shape index (κ1) is 24.0. The van der Waals surface area contributed by atoms with Crippen molar-refractivity contribution in [2.24, 2.45) is 11.8 Å². The lowest BCUT2D eigenvalue weighted by Gasteiger charge is -2.41. The number of carbonyl (C=O) groups is 1. The van der Waals surface area contributed by atoms with Gasteiger partial charge in [-0.1, -0.05) is 66.9 Å². The Morgan fingerprint density at radius 2 is 1.59 bits per heavy atom. The molecule has 0 N–H and O–H groups in total. The van der Waals surface area contributed by atoms with Gasteiger partial charge >= 0.3 is 0 Å². The molecule has 6 heteroatoms. The fourth-order valence-electron chi connectivity index (χ4n) is 5.15. The van der Waals surface area contributed by atoms with Crippen LogP contribution in [-0.4, -0.2) is 32.2 Å². The van der Waals surface area contributed by atoms with Crippen molar-refractivity contribution in [1.82, 2.24) is 0 Å². The SMILES string of the molecule is CC(C)[Si](OC/C=C/C(=O)[C@H](C[N+](=O)[O-])C1CCCCC1)(C(C)C)C(C)C. The molecule has 0 aromatic heterocycles. The molecule has 1 aliphatic carbocycles. The Kier molecular flexibility index (Phi) is 9.88. The van der Waals surface area contributed by atoms with Crippen LogP contribution in [-0.2, 0) is 9.22 Å². The molecule has 0 bridgehead atoms. The second-order valence-corrected chi connectivity index (χ2v) is 14.4. The summed E-state index contributed by atoms with van der Waals surface area (Å²) >= 11 is 0. The molecule has 1 atom stereocenters. The molecule has 5 nitrogen and oxygen atoms in total. The molecule has 0 heterocycles. The zero-order valence-corrected chi connectivity index (χ0v) is 19.1. The van der Waals surface area contributed by atoms with Crippen LogP contribution in [0.5, 0.6) is 0 Å². The molecule has 0 aliphatic heterocycles. The van der Waals surface area contributed by atoms with E-state index in [0.717, 1.165) is 25.7 Å². The number of hydrogen-bond donors (Lipinski definition) is 0. The second-order valence-electron chi connectivity index (χ2n) is 8.95. The Balaban J connectivity index is 2.77. The van der Waals surface area contributed by atoms with Gasteiger partial charge in [0.15, 0.2) is 5.78 Å². The molecule has 0 spiro atoms. The lowest BCUT2D eigenvalue weighted by molar-refractivity contribution is -0.487. The molecule has 0 unspecified atom stereocenters. The molecule has 0 aromatic carbocycles. The van der Waals surface area contributed by atoms with E-state index in [0.29, 0.717) is 23.2 Å². The third-order valence-corrected chi connectivity index (χ3v) is 12.4. The quantitative estimate of drug-likeness (QED) is 0.192. The maximum absolute atomic E-state index is 12.7. The number of rotatable bonds is 11. The number of allylic oxidation sites excluding steroid dienone is 1. The van der Waals surface area contributed by atoms with E-state index in [4.69, 9.17) is 4.43 Å². The van der Waals surface area contributed by atoms with E-state index in [1.165, 1.54) is 6.42 Å². The van der Waals surface area contributed by atoms with Crippen molar-refractivity contribution in [1.29, 1.82) is 0 Å². The maximum Gasteiger partial charge on any atom is 0.214 e. The van der Waals surface area contributed by atoms with E-state index < -0.39 is 14.2 Å². The summed E-state index contributed by atoms with van der Waals surface area (Å²) in [7, 11) is -1.96. The number of nitro groups is 1. The Labute approximate surface area is 166 Å². The van der Waals surface area contributed by atoms with E-state index in [1.54, 1.807) is 12.2 Å². The Morgan fingerprint density at radius 3 is 2.04 bits per heavy atom. The van der Waals surface area contributed by atoms with Crippen LogP contribution in [0, 0.1) is 22.0 Å². The molecule has 0 saturated heterocycles. The molecule has 0 amide bonds. The molecule has 156 valence electrons. The minimum atomic E-state index is -1.96. The number of hydrogen-bond acceptors (Lipinski definition) is 4. The highest BCUT2D eigenvalue weighted by Crippen LogP contribution is 2.42. The van der Waals surface area contributed by atoms with Crippen LogP contribution in [0.25, 0.3) is 0 Å². The van der Waals surface area contributed by atoms with Crippen molar-refractivity contribution in [3.05, 3.63) is 22.3 Å². The highest BCUT2D eigenvalue weighted by atomic mass is 28.4. The van der Waals surface area contributed by atoms with Crippen LogP contribution in [0.1, 0.15) is 73.6 Å². The number of nitrogens with zero attached hydrogens (tertiary/aromatic N) is 1. The van der Waals surface area contributed by atoms with E-state index in [2.05, 4.69) is 41.5 Å². The summed E-state index contributed by atoms with van der Waals surface area (Å²) < 4.78 is 6.44. The lowest BCUT2D eigenvalue weighted by Crippen LogP contribution is -2.47. The minimum Gasteiger partial charge on any atom is -0.412 e. The molecular weight excluding hydrogens is 358 g/mol. The third-order valence-electron chi connectivity index (χ3n) is 6.35. The van der Waals surface area contributed by atoms with Gasteiger partial charge in [0.25, 0.3) is 0 Å². The normalized spacial score (nSPS) is 18.0. The second kappa shape index (κ2) is 11.1. The van der Waals surface area contributed by atoms with Gasteiger partial charge in [-0.2, -0.15) is 0 Å². The monoisotopic (exact) mass is 397 g/mol. The van der Waals surface area contributed by atoms with Gasteiger partial charge in [-0.25, -0.2) is 0 Å². The van der Waals surface area contributed by atoms with Crippen molar-refractivity contribution in [3.8, 4) is 0 Å². The zero-order chi connectivity index (χ0) is 20.6. The molecular formula is C21H39NO4Si. The summed E-state index contributed by atoms with van der Waals surface area (Å²) in [5.41, 5.74) is 1.48. The molecule has 1 saturated carbocycles. The summed E-state index contributed by atoms with van der Waals surface area (Å²) in [6.45, 7) is 13.6. The van der Waals surface area contributed by atoms with E-state index >= 15 is 0 Å². The minimum absolute atomic E-state index is 0.104. The van der Waals surface area contributed by atoms with Gasteiger partial charge in [-0.15, -0.1) is 0 Å². The molecule has 27 heavy (non-hydrogen) atoms. The summed E-state index contributed by atoms with van der Waals surface area (Å²) in [4.78, 5) is 23.4. The molecule has 1 rings (SSSR count). The van der Waals surface area contributed by atoms with Crippen LogP contribution in [0.3, 0.4) is 0 Å². The van der Waals surface area contributed by atoms with Gasteiger partial charge in [0.05, 0.1) is 12.5 Å². The van der Waals surface area contributed by atoms with Crippen LogP contribution >= 0.6 is 0 Å².